The van der Waals surface area contributed by atoms with Gasteiger partial charge in [-0.2, -0.15) is 0 Å². The van der Waals surface area contributed by atoms with E-state index in [9.17, 15) is 9.18 Å². The Morgan fingerprint density at radius 2 is 2.08 bits per heavy atom. The summed E-state index contributed by atoms with van der Waals surface area (Å²) in [6, 6.07) is 6.49. The SMILES string of the molecule is O=C(N[C@H]1C[C@H]1c1ccc(F)cc1)c1csc(-c2cnccn2)n1. The van der Waals surface area contributed by atoms with Crippen LogP contribution in [0.25, 0.3) is 10.7 Å². The maximum atomic E-state index is 13.0. The van der Waals surface area contributed by atoms with E-state index in [0.29, 0.717) is 16.4 Å². The van der Waals surface area contributed by atoms with Gasteiger partial charge in [-0.05, 0) is 24.1 Å². The second-order valence-corrected chi connectivity index (χ2v) is 6.46. The van der Waals surface area contributed by atoms with Gasteiger partial charge >= 0.3 is 0 Å². The molecule has 3 aromatic rings. The van der Waals surface area contributed by atoms with Crippen LogP contribution in [0.15, 0.2) is 48.2 Å². The number of hydrogen-bond acceptors (Lipinski definition) is 5. The molecule has 1 aliphatic rings. The lowest BCUT2D eigenvalue weighted by atomic mass is 10.1. The Balaban J connectivity index is 1.41. The van der Waals surface area contributed by atoms with Crippen LogP contribution in [-0.2, 0) is 0 Å². The molecule has 0 radical (unpaired) electrons. The van der Waals surface area contributed by atoms with Crippen molar-refractivity contribution in [3.05, 3.63) is 65.3 Å². The fourth-order valence-corrected chi connectivity index (χ4v) is 3.34. The number of nitrogens with zero attached hydrogens (tertiary/aromatic N) is 3. The summed E-state index contributed by atoms with van der Waals surface area (Å²) >= 11 is 1.36. The highest BCUT2D eigenvalue weighted by atomic mass is 32.1. The third-order valence-electron chi connectivity index (χ3n) is 3.92. The maximum absolute atomic E-state index is 13.0. The monoisotopic (exact) mass is 340 g/mol. The van der Waals surface area contributed by atoms with Gasteiger partial charge in [-0.1, -0.05) is 12.1 Å². The second-order valence-electron chi connectivity index (χ2n) is 5.60. The molecule has 0 aliphatic heterocycles. The van der Waals surface area contributed by atoms with Gasteiger partial charge in [0.25, 0.3) is 5.91 Å². The number of halogens is 1. The largest absolute Gasteiger partial charge is 0.347 e. The van der Waals surface area contributed by atoms with Gasteiger partial charge in [0.05, 0.1) is 6.20 Å². The zero-order valence-electron chi connectivity index (χ0n) is 12.5. The average Bonchev–Trinajstić information content (AvgIpc) is 3.19. The Labute approximate surface area is 141 Å². The molecule has 0 saturated heterocycles. The Morgan fingerprint density at radius 3 is 2.83 bits per heavy atom. The van der Waals surface area contributed by atoms with Gasteiger partial charge in [-0.25, -0.2) is 9.37 Å². The fourth-order valence-electron chi connectivity index (χ4n) is 2.58. The summed E-state index contributed by atoms with van der Waals surface area (Å²) < 4.78 is 13.0. The van der Waals surface area contributed by atoms with Crippen LogP contribution in [0.5, 0.6) is 0 Å². The van der Waals surface area contributed by atoms with Crippen molar-refractivity contribution in [2.24, 2.45) is 0 Å². The number of carbonyl (C=O) groups is 1. The van der Waals surface area contributed by atoms with Crippen molar-refractivity contribution in [2.75, 3.05) is 0 Å². The van der Waals surface area contributed by atoms with Crippen LogP contribution in [0.4, 0.5) is 4.39 Å². The summed E-state index contributed by atoms with van der Waals surface area (Å²) in [7, 11) is 0. The zero-order chi connectivity index (χ0) is 16.5. The minimum absolute atomic E-state index is 0.0737. The lowest BCUT2D eigenvalue weighted by molar-refractivity contribution is 0.0946. The molecular formula is C17H13FN4OS. The summed E-state index contributed by atoms with van der Waals surface area (Å²) in [5.74, 6) is -0.206. The molecule has 1 N–H and O–H groups in total. The molecular weight excluding hydrogens is 327 g/mol. The molecule has 1 saturated carbocycles. The molecule has 5 nitrogen and oxygen atoms in total. The normalized spacial score (nSPS) is 19.0. The standard InChI is InChI=1S/C17H13FN4OS/c18-11-3-1-10(2-4-11)12-7-13(12)21-16(23)15-9-24-17(22-15)14-8-19-5-6-20-14/h1-6,8-9,12-13H,7H2,(H,21,23)/t12-,13-/m0/s1. The Kier molecular flexibility index (Phi) is 3.78. The van der Waals surface area contributed by atoms with E-state index in [1.54, 1.807) is 36.1 Å². The molecule has 120 valence electrons. The fraction of sp³-hybridized carbons (Fsp3) is 0.176. The van der Waals surface area contributed by atoms with E-state index in [2.05, 4.69) is 20.3 Å². The number of aromatic nitrogens is 3. The molecule has 1 amide bonds. The third-order valence-corrected chi connectivity index (χ3v) is 4.79. The number of nitrogens with one attached hydrogen (secondary N) is 1. The zero-order valence-corrected chi connectivity index (χ0v) is 13.3. The Morgan fingerprint density at radius 1 is 1.25 bits per heavy atom. The van der Waals surface area contributed by atoms with E-state index >= 15 is 0 Å². The molecule has 1 aromatic carbocycles. The van der Waals surface area contributed by atoms with Gasteiger partial charge < -0.3 is 5.32 Å². The molecule has 2 atom stereocenters. The van der Waals surface area contributed by atoms with Crippen LogP contribution in [0.2, 0.25) is 0 Å². The van der Waals surface area contributed by atoms with E-state index in [0.717, 1.165) is 12.0 Å². The van der Waals surface area contributed by atoms with Crippen LogP contribution >= 0.6 is 11.3 Å². The molecule has 0 spiro atoms. The van der Waals surface area contributed by atoms with Crippen molar-refractivity contribution < 1.29 is 9.18 Å². The predicted octanol–water partition coefficient (Wildman–Crippen LogP) is 3.03. The average molecular weight is 340 g/mol. The molecule has 4 rings (SSSR count). The summed E-state index contributed by atoms with van der Waals surface area (Å²) in [6.07, 6.45) is 5.66. The first-order valence-electron chi connectivity index (χ1n) is 7.49. The molecule has 24 heavy (non-hydrogen) atoms. The molecule has 1 aliphatic carbocycles. The van der Waals surface area contributed by atoms with Gasteiger partial charge in [0.2, 0.25) is 0 Å². The first-order valence-corrected chi connectivity index (χ1v) is 8.37. The molecule has 1 fully saturated rings. The van der Waals surface area contributed by atoms with Crippen molar-refractivity contribution in [3.8, 4) is 10.7 Å². The maximum Gasteiger partial charge on any atom is 0.271 e. The van der Waals surface area contributed by atoms with Crippen LogP contribution in [0, 0.1) is 5.82 Å². The van der Waals surface area contributed by atoms with E-state index < -0.39 is 0 Å². The van der Waals surface area contributed by atoms with Crippen molar-refractivity contribution in [3.63, 3.8) is 0 Å². The number of carbonyl (C=O) groups excluding carboxylic acids is 1. The van der Waals surface area contributed by atoms with E-state index in [1.807, 2.05) is 0 Å². The first-order chi connectivity index (χ1) is 11.7. The van der Waals surface area contributed by atoms with Crippen molar-refractivity contribution in [1.29, 1.82) is 0 Å². The van der Waals surface area contributed by atoms with Crippen LogP contribution in [0.3, 0.4) is 0 Å². The molecule has 0 unspecified atom stereocenters. The summed E-state index contributed by atoms with van der Waals surface area (Å²) in [5.41, 5.74) is 2.07. The third kappa shape index (κ3) is 3.03. The lowest BCUT2D eigenvalue weighted by Crippen LogP contribution is -2.26. The highest BCUT2D eigenvalue weighted by Gasteiger charge is 2.39. The topological polar surface area (TPSA) is 67.8 Å². The molecule has 2 heterocycles. The van der Waals surface area contributed by atoms with Crippen LogP contribution in [-0.4, -0.2) is 26.9 Å². The first kappa shape index (κ1) is 14.9. The van der Waals surface area contributed by atoms with Gasteiger partial charge in [-0.3, -0.25) is 14.8 Å². The van der Waals surface area contributed by atoms with Gasteiger partial charge in [0.15, 0.2) is 0 Å². The smallest absolute Gasteiger partial charge is 0.271 e. The minimum Gasteiger partial charge on any atom is -0.347 e. The van der Waals surface area contributed by atoms with Crippen LogP contribution < -0.4 is 5.32 Å². The van der Waals surface area contributed by atoms with Gasteiger partial charge in [0, 0.05) is 29.7 Å². The van der Waals surface area contributed by atoms with E-state index in [1.165, 1.54) is 23.5 Å². The van der Waals surface area contributed by atoms with E-state index in [4.69, 9.17) is 0 Å². The number of rotatable bonds is 4. The molecule has 7 heteroatoms. The van der Waals surface area contributed by atoms with Crippen LogP contribution in [0.1, 0.15) is 28.4 Å². The minimum atomic E-state index is -0.251. The van der Waals surface area contributed by atoms with Gasteiger partial charge in [-0.15, -0.1) is 11.3 Å². The lowest BCUT2D eigenvalue weighted by Gasteiger charge is -2.03. The highest BCUT2D eigenvalue weighted by Crippen LogP contribution is 2.40. The number of benzene rings is 1. The van der Waals surface area contributed by atoms with Crippen molar-refractivity contribution in [2.45, 2.75) is 18.4 Å². The summed E-state index contributed by atoms with van der Waals surface area (Å²) in [4.78, 5) is 24.8. The summed E-state index contributed by atoms with van der Waals surface area (Å²) in [6.45, 7) is 0. The molecule has 0 bridgehead atoms. The number of hydrogen-bond donors (Lipinski definition) is 1. The van der Waals surface area contributed by atoms with Gasteiger partial charge in [0.1, 0.15) is 22.2 Å². The van der Waals surface area contributed by atoms with E-state index in [-0.39, 0.29) is 23.7 Å². The number of amides is 1. The van der Waals surface area contributed by atoms with Crippen molar-refractivity contribution in [1.82, 2.24) is 20.3 Å². The predicted molar refractivity (Wildman–Crippen MR) is 88.2 cm³/mol. The quantitative estimate of drug-likeness (QED) is 0.793. The highest BCUT2D eigenvalue weighted by molar-refractivity contribution is 7.13. The molecule has 2 aromatic heterocycles. The summed E-state index contributed by atoms with van der Waals surface area (Å²) in [5, 5.41) is 5.36. The number of thiazole rings is 1. The van der Waals surface area contributed by atoms with Crippen molar-refractivity contribution >= 4 is 17.2 Å². The second kappa shape index (κ2) is 6.09. The Hall–Kier alpha value is -2.67. The Bertz CT molecular complexity index is 866.